The normalized spacial score (nSPS) is 11.3. The zero-order chi connectivity index (χ0) is 16.9. The van der Waals surface area contributed by atoms with Crippen LogP contribution in [0.15, 0.2) is 42.5 Å². The summed E-state index contributed by atoms with van der Waals surface area (Å²) in [5.74, 6) is -0.808. The molecule has 2 aromatic rings. The zero-order valence-electron chi connectivity index (χ0n) is 13.6. The van der Waals surface area contributed by atoms with E-state index in [9.17, 15) is 9.18 Å². The molecule has 4 nitrogen and oxygen atoms in total. The first-order valence-electron chi connectivity index (χ1n) is 7.45. The van der Waals surface area contributed by atoms with Gasteiger partial charge in [0.15, 0.2) is 5.78 Å². The molecule has 1 aromatic heterocycles. The predicted molar refractivity (Wildman–Crippen MR) is 88.0 cm³/mol. The van der Waals surface area contributed by atoms with Crippen molar-refractivity contribution in [2.45, 2.75) is 32.9 Å². The number of nitrogens with zero attached hydrogens (tertiary/aromatic N) is 1. The van der Waals surface area contributed by atoms with Crippen molar-refractivity contribution >= 4 is 11.6 Å². The Kier molecular flexibility index (Phi) is 5.45. The number of anilines is 1. The van der Waals surface area contributed by atoms with Crippen LogP contribution in [0.1, 0.15) is 36.7 Å². The minimum atomic E-state index is -0.785. The molecule has 0 amide bonds. The number of Topliss-reactive ketones (excluding diaryl/α,β-unsaturated/α-hetero) is 1. The lowest BCUT2D eigenvalue weighted by molar-refractivity contribution is 0.0722. The molecule has 0 saturated heterocycles. The summed E-state index contributed by atoms with van der Waals surface area (Å²) < 4.78 is 19.3. The first-order chi connectivity index (χ1) is 10.8. The fourth-order valence-corrected chi connectivity index (χ4v) is 2.01. The smallest absolute Gasteiger partial charge is 0.225 e. The highest BCUT2D eigenvalue weighted by molar-refractivity contribution is 5.97. The van der Waals surface area contributed by atoms with Gasteiger partial charge in [0.2, 0.25) is 5.95 Å². The second-order valence-electron chi connectivity index (χ2n) is 6.31. The van der Waals surface area contributed by atoms with E-state index in [0.29, 0.717) is 12.4 Å². The molecule has 1 N–H and O–H groups in total. The Morgan fingerprint density at radius 2 is 1.87 bits per heavy atom. The van der Waals surface area contributed by atoms with Crippen LogP contribution in [-0.4, -0.2) is 22.9 Å². The molecule has 0 bridgehead atoms. The Morgan fingerprint density at radius 3 is 2.48 bits per heavy atom. The maximum Gasteiger partial charge on any atom is 0.225 e. The number of nitrogens with one attached hydrogen (secondary N) is 1. The second-order valence-corrected chi connectivity index (χ2v) is 6.31. The van der Waals surface area contributed by atoms with Crippen molar-refractivity contribution in [3.8, 4) is 0 Å². The Hall–Kier alpha value is -2.27. The van der Waals surface area contributed by atoms with E-state index in [2.05, 4.69) is 10.3 Å². The van der Waals surface area contributed by atoms with Gasteiger partial charge in [0.25, 0.3) is 0 Å². The van der Waals surface area contributed by atoms with Crippen LogP contribution in [0.4, 0.5) is 10.2 Å². The Morgan fingerprint density at radius 1 is 1.17 bits per heavy atom. The average Bonchev–Trinajstić information content (AvgIpc) is 2.46. The van der Waals surface area contributed by atoms with E-state index in [-0.39, 0.29) is 17.7 Å². The summed E-state index contributed by atoms with van der Waals surface area (Å²) in [7, 11) is 0. The number of benzene rings is 1. The van der Waals surface area contributed by atoms with Gasteiger partial charge in [0.05, 0.1) is 12.2 Å². The number of hydrogen-bond donors (Lipinski definition) is 1. The van der Waals surface area contributed by atoms with Gasteiger partial charge in [0.1, 0.15) is 12.4 Å². The van der Waals surface area contributed by atoms with Crippen LogP contribution in [0.25, 0.3) is 0 Å². The van der Waals surface area contributed by atoms with E-state index in [1.54, 1.807) is 6.07 Å². The number of aromatic nitrogens is 1. The second kappa shape index (κ2) is 7.33. The van der Waals surface area contributed by atoms with E-state index < -0.39 is 11.7 Å². The Labute approximate surface area is 135 Å². The van der Waals surface area contributed by atoms with Gasteiger partial charge in [-0.3, -0.25) is 4.79 Å². The van der Waals surface area contributed by atoms with Gasteiger partial charge >= 0.3 is 0 Å². The maximum absolute atomic E-state index is 14.0. The maximum atomic E-state index is 14.0. The fraction of sp³-hybridized carbons (Fsp3) is 0.333. The number of rotatable bonds is 6. The average molecular weight is 316 g/mol. The quantitative estimate of drug-likeness (QED) is 0.650. The van der Waals surface area contributed by atoms with Crippen molar-refractivity contribution in [2.24, 2.45) is 0 Å². The summed E-state index contributed by atoms with van der Waals surface area (Å²) in [5, 5.41) is 3.06. The van der Waals surface area contributed by atoms with E-state index in [4.69, 9.17) is 4.74 Å². The van der Waals surface area contributed by atoms with Gasteiger partial charge < -0.3 is 10.1 Å². The van der Waals surface area contributed by atoms with Crippen LogP contribution < -0.4 is 5.32 Å². The first-order valence-corrected chi connectivity index (χ1v) is 7.45. The van der Waals surface area contributed by atoms with Crippen molar-refractivity contribution in [2.75, 3.05) is 11.9 Å². The van der Waals surface area contributed by atoms with Crippen LogP contribution in [0.2, 0.25) is 0 Å². The number of ether oxygens (including phenoxy) is 1. The van der Waals surface area contributed by atoms with Crippen LogP contribution in [0.3, 0.4) is 0 Å². The molecule has 23 heavy (non-hydrogen) atoms. The third-order valence-electron chi connectivity index (χ3n) is 3.00. The van der Waals surface area contributed by atoms with Crippen molar-refractivity contribution in [1.82, 2.24) is 4.98 Å². The summed E-state index contributed by atoms with van der Waals surface area (Å²) in [6, 6.07) is 12.5. The molecule has 122 valence electrons. The van der Waals surface area contributed by atoms with E-state index >= 15 is 0 Å². The summed E-state index contributed by atoms with van der Waals surface area (Å²) in [4.78, 5) is 15.8. The van der Waals surface area contributed by atoms with Gasteiger partial charge in [0, 0.05) is 5.54 Å². The van der Waals surface area contributed by atoms with Gasteiger partial charge in [-0.25, -0.2) is 4.98 Å². The van der Waals surface area contributed by atoms with Crippen molar-refractivity contribution in [1.29, 1.82) is 0 Å². The minimum absolute atomic E-state index is 0.0579. The number of ketones is 1. The summed E-state index contributed by atoms with van der Waals surface area (Å²) >= 11 is 0. The largest absolute Gasteiger partial charge is 0.369 e. The minimum Gasteiger partial charge on any atom is -0.369 e. The molecule has 0 fully saturated rings. The first kappa shape index (κ1) is 17.1. The molecular formula is C18H21FN2O2. The van der Waals surface area contributed by atoms with E-state index in [1.165, 1.54) is 6.07 Å². The standard InChI is InChI=1S/C18H21FN2O2/c1-18(2,3)21-16-10-9-14(17(19)20-16)15(22)12-23-11-13-7-5-4-6-8-13/h4-10H,11-12H2,1-3H3,(H,20,21). The highest BCUT2D eigenvalue weighted by Crippen LogP contribution is 2.15. The number of carbonyl (C=O) groups is 1. The SMILES string of the molecule is CC(C)(C)Nc1ccc(C(=O)COCc2ccccc2)c(F)n1. The third-order valence-corrected chi connectivity index (χ3v) is 3.00. The monoisotopic (exact) mass is 316 g/mol. The molecule has 0 aliphatic rings. The molecule has 0 radical (unpaired) electrons. The number of carbonyl (C=O) groups excluding carboxylic acids is 1. The lowest BCUT2D eigenvalue weighted by Gasteiger charge is -2.21. The molecule has 1 aromatic carbocycles. The van der Waals surface area contributed by atoms with Gasteiger partial charge in [-0.2, -0.15) is 4.39 Å². The van der Waals surface area contributed by atoms with Crippen LogP contribution in [-0.2, 0) is 11.3 Å². The molecule has 0 atom stereocenters. The van der Waals surface area contributed by atoms with Crippen LogP contribution in [0, 0.1) is 5.95 Å². The van der Waals surface area contributed by atoms with E-state index in [0.717, 1.165) is 5.56 Å². The summed E-state index contributed by atoms with van der Waals surface area (Å²) in [5.41, 5.74) is 0.671. The molecule has 5 heteroatoms. The zero-order valence-corrected chi connectivity index (χ0v) is 13.6. The molecule has 0 aliphatic carbocycles. The van der Waals surface area contributed by atoms with Crippen LogP contribution >= 0.6 is 0 Å². The molecule has 1 heterocycles. The highest BCUT2D eigenvalue weighted by Gasteiger charge is 2.16. The lowest BCUT2D eigenvalue weighted by Crippen LogP contribution is -2.27. The third kappa shape index (κ3) is 5.45. The van der Waals surface area contributed by atoms with Gasteiger partial charge in [-0.1, -0.05) is 30.3 Å². The van der Waals surface area contributed by atoms with Crippen molar-refractivity contribution < 1.29 is 13.9 Å². The van der Waals surface area contributed by atoms with Gasteiger partial charge in [-0.15, -0.1) is 0 Å². The van der Waals surface area contributed by atoms with Crippen LogP contribution in [0.5, 0.6) is 0 Å². The van der Waals surface area contributed by atoms with E-state index in [1.807, 2.05) is 51.1 Å². The molecular weight excluding hydrogens is 295 g/mol. The lowest BCUT2D eigenvalue weighted by atomic mass is 10.1. The Bertz CT molecular complexity index is 666. The molecule has 0 saturated carbocycles. The molecule has 0 aliphatic heterocycles. The number of pyridine rings is 1. The number of halogens is 1. The Balaban J connectivity index is 1.94. The highest BCUT2D eigenvalue weighted by atomic mass is 19.1. The summed E-state index contributed by atoms with van der Waals surface area (Å²) in [6.45, 7) is 5.97. The molecule has 2 rings (SSSR count). The van der Waals surface area contributed by atoms with Crippen molar-refractivity contribution in [3.63, 3.8) is 0 Å². The summed E-state index contributed by atoms with van der Waals surface area (Å²) in [6.07, 6.45) is 0. The van der Waals surface area contributed by atoms with Gasteiger partial charge in [-0.05, 0) is 38.5 Å². The topological polar surface area (TPSA) is 51.2 Å². The van der Waals surface area contributed by atoms with Crippen molar-refractivity contribution in [3.05, 3.63) is 59.5 Å². The predicted octanol–water partition coefficient (Wildman–Crippen LogP) is 3.83. The molecule has 0 spiro atoms. The molecule has 0 unspecified atom stereocenters. The number of hydrogen-bond acceptors (Lipinski definition) is 4. The fourth-order valence-electron chi connectivity index (χ4n) is 2.01.